The lowest BCUT2D eigenvalue weighted by molar-refractivity contribution is -0.117. The molecule has 2 aliphatic rings. The van der Waals surface area contributed by atoms with E-state index in [0.29, 0.717) is 23.8 Å². The van der Waals surface area contributed by atoms with E-state index in [2.05, 4.69) is 39.8 Å². The molecule has 1 saturated carbocycles. The zero-order chi connectivity index (χ0) is 18.8. The van der Waals surface area contributed by atoms with E-state index in [1.807, 2.05) is 13.1 Å². The number of nitrogens with one attached hydrogen (secondary N) is 2. The van der Waals surface area contributed by atoms with Crippen LogP contribution in [0.3, 0.4) is 0 Å². The number of likely N-dealkylation sites (N-methyl/N-ethyl adjacent to an activating group) is 1. The van der Waals surface area contributed by atoms with Crippen LogP contribution >= 0.6 is 0 Å². The Labute approximate surface area is 159 Å². The zero-order valence-electron chi connectivity index (χ0n) is 15.6. The monoisotopic (exact) mass is 363 g/mol. The molecule has 1 atom stereocenters. The first kappa shape index (κ1) is 17.7. The first-order valence-electron chi connectivity index (χ1n) is 9.59. The van der Waals surface area contributed by atoms with Gasteiger partial charge in [0.15, 0.2) is 0 Å². The molecule has 1 fully saturated rings. The number of carbonyl (C=O) groups is 2. The van der Waals surface area contributed by atoms with Crippen molar-refractivity contribution in [3.63, 3.8) is 0 Å². The molecule has 0 heterocycles. The average Bonchev–Trinajstić information content (AvgIpc) is 3.36. The fraction of sp³-hybridized carbons (Fsp3) is 0.364. The predicted molar refractivity (Wildman–Crippen MR) is 106 cm³/mol. The van der Waals surface area contributed by atoms with Gasteiger partial charge in [-0.1, -0.05) is 30.3 Å². The molecule has 0 spiro atoms. The second-order valence-electron chi connectivity index (χ2n) is 7.55. The van der Waals surface area contributed by atoms with E-state index in [1.165, 1.54) is 11.1 Å². The van der Waals surface area contributed by atoms with Crippen molar-refractivity contribution in [2.75, 3.05) is 18.9 Å². The van der Waals surface area contributed by atoms with Gasteiger partial charge in [-0.05, 0) is 62.1 Å². The van der Waals surface area contributed by atoms with E-state index in [4.69, 9.17) is 0 Å². The first-order valence-corrected chi connectivity index (χ1v) is 9.59. The number of hydrogen-bond donors (Lipinski definition) is 2. The van der Waals surface area contributed by atoms with Crippen LogP contribution in [-0.2, 0) is 11.2 Å². The lowest BCUT2D eigenvalue weighted by Gasteiger charge is -2.24. The first-order chi connectivity index (χ1) is 13.1. The van der Waals surface area contributed by atoms with Crippen LogP contribution in [0.2, 0.25) is 0 Å². The van der Waals surface area contributed by atoms with E-state index in [-0.39, 0.29) is 17.9 Å². The lowest BCUT2D eigenvalue weighted by atomic mass is 10.1. The molecule has 2 amide bonds. The topological polar surface area (TPSA) is 61.4 Å². The molecule has 4 rings (SSSR count). The van der Waals surface area contributed by atoms with Crippen LogP contribution in [0.4, 0.5) is 5.69 Å². The summed E-state index contributed by atoms with van der Waals surface area (Å²) in [5, 5.41) is 5.89. The van der Waals surface area contributed by atoms with Crippen LogP contribution in [-0.4, -0.2) is 36.3 Å². The minimum absolute atomic E-state index is 0.0679. The molecule has 2 aromatic rings. The Balaban J connectivity index is 1.36. The van der Waals surface area contributed by atoms with Crippen molar-refractivity contribution >= 4 is 17.5 Å². The minimum Gasteiger partial charge on any atom is -0.349 e. The molecule has 2 N–H and O–H groups in total. The molecule has 27 heavy (non-hydrogen) atoms. The van der Waals surface area contributed by atoms with Gasteiger partial charge in [0.1, 0.15) is 0 Å². The Morgan fingerprint density at radius 3 is 2.70 bits per heavy atom. The maximum absolute atomic E-state index is 12.5. The largest absolute Gasteiger partial charge is 0.349 e. The molecule has 5 nitrogen and oxygen atoms in total. The maximum Gasteiger partial charge on any atom is 0.251 e. The van der Waals surface area contributed by atoms with Crippen LogP contribution in [0.1, 0.15) is 46.8 Å². The molecule has 0 bridgehead atoms. The number of aryl methyl sites for hydroxylation is 1. The molecule has 5 heteroatoms. The normalized spacial score (nSPS) is 18.2. The molecule has 0 aliphatic heterocycles. The summed E-state index contributed by atoms with van der Waals surface area (Å²) < 4.78 is 0. The number of nitrogens with zero attached hydrogens (tertiary/aromatic N) is 1. The summed E-state index contributed by atoms with van der Waals surface area (Å²) in [7, 11) is 1.99. The smallest absolute Gasteiger partial charge is 0.251 e. The number of anilines is 1. The highest BCUT2D eigenvalue weighted by molar-refractivity contribution is 5.97. The van der Waals surface area contributed by atoms with Gasteiger partial charge in [-0.2, -0.15) is 0 Å². The fourth-order valence-corrected chi connectivity index (χ4v) is 3.76. The molecule has 0 aromatic heterocycles. The van der Waals surface area contributed by atoms with Gasteiger partial charge >= 0.3 is 0 Å². The number of amides is 2. The summed E-state index contributed by atoms with van der Waals surface area (Å²) in [5.41, 5.74) is 3.94. The van der Waals surface area contributed by atoms with Gasteiger partial charge in [0.05, 0.1) is 6.54 Å². The van der Waals surface area contributed by atoms with Gasteiger partial charge in [-0.25, -0.2) is 0 Å². The highest BCUT2D eigenvalue weighted by Crippen LogP contribution is 2.34. The van der Waals surface area contributed by atoms with E-state index in [0.717, 1.165) is 25.7 Å². The van der Waals surface area contributed by atoms with E-state index in [9.17, 15) is 9.59 Å². The third kappa shape index (κ3) is 4.19. The summed E-state index contributed by atoms with van der Waals surface area (Å²) in [6.07, 6.45) is 4.21. The quantitative estimate of drug-likeness (QED) is 0.829. The van der Waals surface area contributed by atoms with Crippen molar-refractivity contribution in [1.82, 2.24) is 10.2 Å². The Morgan fingerprint density at radius 1 is 1.07 bits per heavy atom. The fourth-order valence-electron chi connectivity index (χ4n) is 3.76. The summed E-state index contributed by atoms with van der Waals surface area (Å²) in [6, 6.07) is 16.2. The van der Waals surface area contributed by atoms with E-state index < -0.39 is 0 Å². The molecule has 2 aromatic carbocycles. The van der Waals surface area contributed by atoms with Crippen molar-refractivity contribution in [2.45, 2.75) is 37.8 Å². The van der Waals surface area contributed by atoms with Gasteiger partial charge in [0.2, 0.25) is 5.91 Å². The second kappa shape index (κ2) is 7.53. The zero-order valence-corrected chi connectivity index (χ0v) is 15.6. The number of rotatable bonds is 6. The van der Waals surface area contributed by atoms with Gasteiger partial charge in [-0.15, -0.1) is 0 Å². The van der Waals surface area contributed by atoms with E-state index in [1.54, 1.807) is 18.2 Å². The van der Waals surface area contributed by atoms with Crippen molar-refractivity contribution in [3.8, 4) is 0 Å². The lowest BCUT2D eigenvalue weighted by Crippen LogP contribution is -2.32. The standard InChI is InChI=1S/C22H25N3O2/c1-25(20-12-9-15-5-2-3-8-19(15)20)14-21(26)23-18-7-4-6-16(13-18)22(27)24-17-10-11-17/h2-8,13,17,20H,9-12,14H2,1H3,(H,23,26)(H,24,27). The Morgan fingerprint density at radius 2 is 1.89 bits per heavy atom. The number of fused-ring (bicyclic) bond motifs is 1. The number of benzene rings is 2. The SMILES string of the molecule is CN(CC(=O)Nc1cccc(C(=O)NC2CC2)c1)C1CCc2ccccc21. The molecular formula is C22H25N3O2. The third-order valence-corrected chi connectivity index (χ3v) is 5.35. The van der Waals surface area contributed by atoms with Crippen molar-refractivity contribution in [1.29, 1.82) is 0 Å². The average molecular weight is 363 g/mol. The summed E-state index contributed by atoms with van der Waals surface area (Å²) >= 11 is 0. The van der Waals surface area contributed by atoms with Crippen LogP contribution in [0.15, 0.2) is 48.5 Å². The van der Waals surface area contributed by atoms with Crippen LogP contribution in [0.25, 0.3) is 0 Å². The minimum atomic E-state index is -0.0757. The Hall–Kier alpha value is -2.66. The second-order valence-corrected chi connectivity index (χ2v) is 7.55. The molecule has 1 unspecified atom stereocenters. The number of carbonyl (C=O) groups excluding carboxylic acids is 2. The molecule has 140 valence electrons. The third-order valence-electron chi connectivity index (χ3n) is 5.35. The highest BCUT2D eigenvalue weighted by atomic mass is 16.2. The number of hydrogen-bond acceptors (Lipinski definition) is 3. The van der Waals surface area contributed by atoms with Gasteiger partial charge < -0.3 is 10.6 Å². The van der Waals surface area contributed by atoms with Crippen LogP contribution in [0, 0.1) is 0 Å². The Kier molecular flexibility index (Phi) is 4.94. The van der Waals surface area contributed by atoms with Gasteiger partial charge in [0.25, 0.3) is 5.91 Å². The summed E-state index contributed by atoms with van der Waals surface area (Å²) in [6.45, 7) is 0.317. The summed E-state index contributed by atoms with van der Waals surface area (Å²) in [4.78, 5) is 26.8. The molecular weight excluding hydrogens is 338 g/mol. The van der Waals surface area contributed by atoms with Crippen LogP contribution in [0.5, 0.6) is 0 Å². The van der Waals surface area contributed by atoms with Crippen molar-refractivity contribution in [3.05, 3.63) is 65.2 Å². The predicted octanol–water partition coefficient (Wildman–Crippen LogP) is 3.14. The highest BCUT2D eigenvalue weighted by Gasteiger charge is 2.27. The van der Waals surface area contributed by atoms with Crippen molar-refractivity contribution in [2.24, 2.45) is 0 Å². The molecule has 2 aliphatic carbocycles. The van der Waals surface area contributed by atoms with Crippen molar-refractivity contribution < 1.29 is 9.59 Å². The van der Waals surface area contributed by atoms with Gasteiger partial charge in [-0.3, -0.25) is 14.5 Å². The maximum atomic E-state index is 12.5. The molecule has 0 radical (unpaired) electrons. The van der Waals surface area contributed by atoms with Gasteiger partial charge in [0, 0.05) is 23.3 Å². The van der Waals surface area contributed by atoms with E-state index >= 15 is 0 Å². The molecule has 0 saturated heterocycles. The Bertz CT molecular complexity index is 860. The van der Waals surface area contributed by atoms with Crippen LogP contribution < -0.4 is 10.6 Å². The summed E-state index contributed by atoms with van der Waals surface area (Å²) in [5.74, 6) is -0.144.